The van der Waals surface area contributed by atoms with Crippen LogP contribution in [0.1, 0.15) is 5.56 Å². The van der Waals surface area contributed by atoms with Crippen LogP contribution in [-0.4, -0.2) is 53.7 Å². The molecule has 2 aliphatic heterocycles. The summed E-state index contributed by atoms with van der Waals surface area (Å²) in [5, 5.41) is 1.16. The molecule has 0 radical (unpaired) electrons. The van der Waals surface area contributed by atoms with Crippen LogP contribution in [0.15, 0.2) is 41.9 Å². The van der Waals surface area contributed by atoms with Crippen LogP contribution in [0, 0.1) is 0 Å². The summed E-state index contributed by atoms with van der Waals surface area (Å²) in [4.78, 5) is 18.3. The molecule has 2 heterocycles. The molecule has 0 aromatic heterocycles. The van der Waals surface area contributed by atoms with E-state index in [-0.39, 0.29) is 35.1 Å². The van der Waals surface area contributed by atoms with E-state index in [1.807, 2.05) is 4.90 Å². The predicted molar refractivity (Wildman–Crippen MR) is 98.3 cm³/mol. The van der Waals surface area contributed by atoms with Crippen LogP contribution in [-0.2, 0) is 21.1 Å². The Labute approximate surface area is 150 Å². The zero-order chi connectivity index (χ0) is 17.3. The molecule has 2 aliphatic rings. The molecule has 2 fully saturated rings. The monoisotopic (exact) mass is 384 g/mol. The number of carbonyl (C=O) groups excluding carboxylic acids is 1. The van der Waals surface area contributed by atoms with Gasteiger partial charge in [0.2, 0.25) is 0 Å². The summed E-state index contributed by atoms with van der Waals surface area (Å²) in [5.41, 5.74) is 0.842. The molecule has 3 rings (SSSR count). The number of hydrogen-bond donors (Lipinski definition) is 0. The molecule has 128 valence electrons. The van der Waals surface area contributed by atoms with Gasteiger partial charge in [-0.15, -0.1) is 6.58 Å². The van der Waals surface area contributed by atoms with E-state index in [1.54, 1.807) is 30.3 Å². The number of amidine groups is 1. The molecule has 0 unspecified atom stereocenters. The summed E-state index contributed by atoms with van der Waals surface area (Å²) in [6.07, 6.45) is 1.89. The number of amides is 1. The van der Waals surface area contributed by atoms with E-state index in [0.717, 1.165) is 5.56 Å². The van der Waals surface area contributed by atoms with E-state index in [4.69, 9.17) is 11.6 Å². The number of thioether (sulfide) groups is 1. The van der Waals surface area contributed by atoms with Gasteiger partial charge in [0, 0.05) is 16.8 Å². The normalized spacial score (nSPS) is 26.5. The predicted octanol–water partition coefficient (Wildman–Crippen LogP) is 2.17. The van der Waals surface area contributed by atoms with Gasteiger partial charge in [0.15, 0.2) is 15.0 Å². The third-order valence-corrected chi connectivity index (χ3v) is 7.49. The van der Waals surface area contributed by atoms with Crippen molar-refractivity contribution in [1.29, 1.82) is 0 Å². The SMILES string of the molecule is C=CCN1C(=NC(=O)Cc2ccc(Cl)cc2)S[C@@H]2CS(=O)(=O)C[C@@H]21. The third-order valence-electron chi connectivity index (χ3n) is 3.99. The van der Waals surface area contributed by atoms with Crippen molar-refractivity contribution in [2.75, 3.05) is 18.1 Å². The van der Waals surface area contributed by atoms with Crippen LogP contribution >= 0.6 is 23.4 Å². The number of nitrogens with zero attached hydrogens (tertiary/aromatic N) is 2. The van der Waals surface area contributed by atoms with Gasteiger partial charge >= 0.3 is 0 Å². The molecule has 0 bridgehead atoms. The average Bonchev–Trinajstić information content (AvgIpc) is 2.95. The van der Waals surface area contributed by atoms with Gasteiger partial charge in [-0.1, -0.05) is 41.6 Å². The van der Waals surface area contributed by atoms with Crippen LogP contribution in [0.5, 0.6) is 0 Å². The molecular weight excluding hydrogens is 368 g/mol. The first-order valence-electron chi connectivity index (χ1n) is 7.48. The van der Waals surface area contributed by atoms with E-state index >= 15 is 0 Å². The lowest BCUT2D eigenvalue weighted by atomic mass is 10.1. The van der Waals surface area contributed by atoms with Crippen molar-refractivity contribution in [2.45, 2.75) is 17.7 Å². The number of hydrogen-bond acceptors (Lipinski definition) is 4. The Hall–Kier alpha value is -1.31. The number of carbonyl (C=O) groups is 1. The Bertz CT molecular complexity index is 790. The van der Waals surface area contributed by atoms with Gasteiger partial charge in [0.1, 0.15) is 0 Å². The van der Waals surface area contributed by atoms with Gasteiger partial charge in [0.05, 0.1) is 24.0 Å². The Balaban J connectivity index is 1.75. The summed E-state index contributed by atoms with van der Waals surface area (Å²) >= 11 is 7.22. The molecule has 2 atom stereocenters. The first-order chi connectivity index (χ1) is 11.4. The largest absolute Gasteiger partial charge is 0.342 e. The molecule has 0 saturated carbocycles. The van der Waals surface area contributed by atoms with E-state index in [1.165, 1.54) is 11.8 Å². The summed E-state index contributed by atoms with van der Waals surface area (Å²) in [7, 11) is -3.01. The van der Waals surface area contributed by atoms with Crippen LogP contribution in [0.2, 0.25) is 5.02 Å². The molecule has 2 saturated heterocycles. The van der Waals surface area contributed by atoms with E-state index in [0.29, 0.717) is 16.7 Å². The number of fused-ring (bicyclic) bond motifs is 1. The fourth-order valence-electron chi connectivity index (χ4n) is 2.91. The Morgan fingerprint density at radius 1 is 1.38 bits per heavy atom. The van der Waals surface area contributed by atoms with Crippen LogP contribution < -0.4 is 0 Å². The summed E-state index contributed by atoms with van der Waals surface area (Å²) in [6, 6.07) is 6.94. The molecule has 0 N–H and O–H groups in total. The molecule has 0 spiro atoms. The topological polar surface area (TPSA) is 66.8 Å². The van der Waals surface area contributed by atoms with Crippen molar-refractivity contribution < 1.29 is 13.2 Å². The maximum absolute atomic E-state index is 12.2. The molecule has 1 aromatic rings. The molecule has 1 aromatic carbocycles. The zero-order valence-corrected chi connectivity index (χ0v) is 15.3. The third kappa shape index (κ3) is 3.84. The van der Waals surface area contributed by atoms with Crippen molar-refractivity contribution >= 4 is 44.3 Å². The van der Waals surface area contributed by atoms with Crippen molar-refractivity contribution in [3.05, 3.63) is 47.5 Å². The van der Waals surface area contributed by atoms with Crippen molar-refractivity contribution in [2.24, 2.45) is 4.99 Å². The minimum absolute atomic E-state index is 0.0583. The number of halogens is 1. The van der Waals surface area contributed by atoms with Gasteiger partial charge in [0.25, 0.3) is 5.91 Å². The maximum atomic E-state index is 12.2. The molecule has 8 heteroatoms. The number of benzene rings is 1. The van der Waals surface area contributed by atoms with Gasteiger partial charge in [-0.05, 0) is 17.7 Å². The standard InChI is InChI=1S/C16H17ClN2O3S2/c1-2-7-19-13-9-24(21,22)10-14(13)23-16(19)18-15(20)8-11-3-5-12(17)6-4-11/h2-6,13-14H,1,7-10H2/t13-,14+/m0/s1. The average molecular weight is 385 g/mol. The van der Waals surface area contributed by atoms with Crippen LogP contribution in [0.3, 0.4) is 0 Å². The van der Waals surface area contributed by atoms with Gasteiger partial charge in [-0.2, -0.15) is 4.99 Å². The van der Waals surface area contributed by atoms with Crippen molar-refractivity contribution in [1.82, 2.24) is 4.90 Å². The Morgan fingerprint density at radius 3 is 2.75 bits per heavy atom. The van der Waals surface area contributed by atoms with Gasteiger partial charge in [-0.3, -0.25) is 4.79 Å². The lowest BCUT2D eigenvalue weighted by Crippen LogP contribution is -2.37. The summed E-state index contributed by atoms with van der Waals surface area (Å²) in [6.45, 7) is 4.19. The molecule has 1 amide bonds. The second-order valence-corrected chi connectivity index (χ2v) is 9.63. The zero-order valence-electron chi connectivity index (χ0n) is 12.9. The van der Waals surface area contributed by atoms with Gasteiger partial charge in [-0.25, -0.2) is 8.42 Å². The second-order valence-electron chi connectivity index (χ2n) is 5.83. The fourth-order valence-corrected chi connectivity index (χ4v) is 7.02. The highest BCUT2D eigenvalue weighted by molar-refractivity contribution is 8.15. The highest BCUT2D eigenvalue weighted by Crippen LogP contribution is 2.38. The lowest BCUT2D eigenvalue weighted by Gasteiger charge is -2.22. The van der Waals surface area contributed by atoms with Crippen molar-refractivity contribution in [3.63, 3.8) is 0 Å². The van der Waals surface area contributed by atoms with E-state index in [2.05, 4.69) is 11.6 Å². The molecular formula is C16H17ClN2O3S2. The Morgan fingerprint density at radius 2 is 2.08 bits per heavy atom. The highest BCUT2D eigenvalue weighted by Gasteiger charge is 2.48. The van der Waals surface area contributed by atoms with Gasteiger partial charge < -0.3 is 4.90 Å². The summed E-state index contributed by atoms with van der Waals surface area (Å²) < 4.78 is 23.6. The molecule has 5 nitrogen and oxygen atoms in total. The Kier molecular flexibility index (Phi) is 5.03. The summed E-state index contributed by atoms with van der Waals surface area (Å²) in [5.74, 6) is 0.000205. The van der Waals surface area contributed by atoms with Crippen LogP contribution in [0.25, 0.3) is 0 Å². The fraction of sp³-hybridized carbons (Fsp3) is 0.375. The van der Waals surface area contributed by atoms with Crippen LogP contribution in [0.4, 0.5) is 0 Å². The quantitative estimate of drug-likeness (QED) is 0.744. The lowest BCUT2D eigenvalue weighted by molar-refractivity contribution is -0.117. The number of aliphatic imine (C=N–C) groups is 1. The highest BCUT2D eigenvalue weighted by atomic mass is 35.5. The number of sulfone groups is 1. The van der Waals surface area contributed by atoms with E-state index in [9.17, 15) is 13.2 Å². The molecule has 24 heavy (non-hydrogen) atoms. The number of rotatable bonds is 4. The first kappa shape index (κ1) is 17.5. The minimum atomic E-state index is -3.01. The second kappa shape index (κ2) is 6.90. The van der Waals surface area contributed by atoms with E-state index < -0.39 is 9.84 Å². The molecule has 0 aliphatic carbocycles. The van der Waals surface area contributed by atoms with Crippen molar-refractivity contribution in [3.8, 4) is 0 Å². The maximum Gasteiger partial charge on any atom is 0.252 e. The smallest absolute Gasteiger partial charge is 0.252 e. The minimum Gasteiger partial charge on any atom is -0.342 e. The first-order valence-corrected chi connectivity index (χ1v) is 10.6.